The number of hydrogen-bond donors (Lipinski definition) is 1. The van der Waals surface area contributed by atoms with E-state index in [4.69, 9.17) is 5.11 Å². The first kappa shape index (κ1) is 15.7. The first-order valence-electron chi connectivity index (χ1n) is 6.40. The zero-order valence-electron chi connectivity index (χ0n) is 11.3. The van der Waals surface area contributed by atoms with Crippen molar-refractivity contribution in [3.05, 3.63) is 29.8 Å². The summed E-state index contributed by atoms with van der Waals surface area (Å²) < 4.78 is 24.8. The number of carbonyl (C=O) groups is 1. The van der Waals surface area contributed by atoms with Gasteiger partial charge in [-0.15, -0.1) is 0 Å². The molecule has 1 unspecified atom stereocenters. The summed E-state index contributed by atoms with van der Waals surface area (Å²) in [7, 11) is -3.57. The summed E-state index contributed by atoms with van der Waals surface area (Å²) in [6.07, 6.45) is 1.61. The van der Waals surface area contributed by atoms with Crippen LogP contribution in [0.15, 0.2) is 29.2 Å². The van der Waals surface area contributed by atoms with E-state index in [1.165, 1.54) is 0 Å². The van der Waals surface area contributed by atoms with Gasteiger partial charge >= 0.3 is 5.97 Å². The normalized spacial score (nSPS) is 13.2. The molecule has 0 heterocycles. The number of aryl methyl sites for hydroxylation is 1. The Morgan fingerprint density at radius 2 is 1.84 bits per heavy atom. The topological polar surface area (TPSA) is 71.4 Å². The third-order valence-electron chi connectivity index (χ3n) is 3.07. The highest BCUT2D eigenvalue weighted by Crippen LogP contribution is 2.23. The van der Waals surface area contributed by atoms with Crippen LogP contribution in [0, 0.1) is 6.92 Å². The number of hydrogen-bond acceptors (Lipinski definition) is 3. The molecule has 0 fully saturated rings. The molecule has 0 spiro atoms. The van der Waals surface area contributed by atoms with Crippen molar-refractivity contribution in [2.45, 2.75) is 49.7 Å². The Balaban J connectivity index is 3.03. The van der Waals surface area contributed by atoms with Crippen LogP contribution in [0.1, 0.15) is 38.2 Å². The molecule has 1 atom stereocenters. The highest BCUT2D eigenvalue weighted by Gasteiger charge is 2.28. The zero-order valence-corrected chi connectivity index (χ0v) is 12.1. The number of sulfone groups is 1. The van der Waals surface area contributed by atoms with Gasteiger partial charge in [-0.05, 0) is 25.5 Å². The van der Waals surface area contributed by atoms with Crippen molar-refractivity contribution in [1.29, 1.82) is 0 Å². The van der Waals surface area contributed by atoms with Crippen molar-refractivity contribution >= 4 is 15.8 Å². The molecule has 0 aromatic heterocycles. The van der Waals surface area contributed by atoms with Gasteiger partial charge in [-0.1, -0.05) is 37.5 Å². The largest absolute Gasteiger partial charge is 0.481 e. The van der Waals surface area contributed by atoms with Crippen LogP contribution in [0.2, 0.25) is 0 Å². The molecule has 1 aromatic carbocycles. The van der Waals surface area contributed by atoms with E-state index in [9.17, 15) is 13.2 Å². The molecule has 0 bridgehead atoms. The lowest BCUT2D eigenvalue weighted by Gasteiger charge is -2.15. The predicted octanol–water partition coefficient (Wildman–Crippen LogP) is 2.80. The van der Waals surface area contributed by atoms with Crippen molar-refractivity contribution in [3.63, 3.8) is 0 Å². The number of carboxylic acids is 1. The number of benzene rings is 1. The molecule has 0 amide bonds. The van der Waals surface area contributed by atoms with Crippen molar-refractivity contribution in [2.75, 3.05) is 0 Å². The highest BCUT2D eigenvalue weighted by molar-refractivity contribution is 7.92. The van der Waals surface area contributed by atoms with Gasteiger partial charge in [0, 0.05) is 0 Å². The summed E-state index contributed by atoms with van der Waals surface area (Å²) >= 11 is 0. The molecule has 0 radical (unpaired) electrons. The van der Waals surface area contributed by atoms with Gasteiger partial charge in [0.2, 0.25) is 0 Å². The second-order valence-electron chi connectivity index (χ2n) is 4.72. The Morgan fingerprint density at radius 3 is 2.32 bits per heavy atom. The maximum atomic E-state index is 12.4. The predicted molar refractivity (Wildman–Crippen MR) is 73.9 cm³/mol. The summed E-state index contributed by atoms with van der Waals surface area (Å²) in [6.45, 7) is 3.83. The van der Waals surface area contributed by atoms with Gasteiger partial charge in [0.15, 0.2) is 9.84 Å². The van der Waals surface area contributed by atoms with E-state index >= 15 is 0 Å². The smallest absolute Gasteiger partial charge is 0.304 e. The minimum atomic E-state index is -3.57. The Kier molecular flexibility index (Phi) is 5.54. The lowest BCUT2D eigenvalue weighted by molar-refractivity contribution is -0.137. The minimum absolute atomic E-state index is 0.209. The van der Waals surface area contributed by atoms with Crippen molar-refractivity contribution in [1.82, 2.24) is 0 Å². The molecule has 19 heavy (non-hydrogen) atoms. The second-order valence-corrected chi connectivity index (χ2v) is 6.95. The molecule has 0 aliphatic carbocycles. The van der Waals surface area contributed by atoms with Crippen LogP contribution in [-0.2, 0) is 14.6 Å². The van der Waals surface area contributed by atoms with Crippen LogP contribution < -0.4 is 0 Å². The van der Waals surface area contributed by atoms with Gasteiger partial charge in [-0.25, -0.2) is 8.42 Å². The summed E-state index contributed by atoms with van der Waals surface area (Å²) in [4.78, 5) is 11.0. The summed E-state index contributed by atoms with van der Waals surface area (Å²) in [6, 6.07) is 6.55. The zero-order chi connectivity index (χ0) is 14.5. The highest BCUT2D eigenvalue weighted by atomic mass is 32.2. The Bertz CT molecular complexity index is 517. The van der Waals surface area contributed by atoms with E-state index in [1.807, 2.05) is 13.8 Å². The summed E-state index contributed by atoms with van der Waals surface area (Å²) in [5, 5.41) is 8.03. The first-order chi connectivity index (χ1) is 8.87. The van der Waals surface area contributed by atoms with Gasteiger partial charge < -0.3 is 5.11 Å². The maximum Gasteiger partial charge on any atom is 0.304 e. The molecule has 106 valence electrons. The van der Waals surface area contributed by atoms with Crippen LogP contribution in [0.5, 0.6) is 0 Å². The van der Waals surface area contributed by atoms with Gasteiger partial charge in [-0.3, -0.25) is 4.79 Å². The quantitative estimate of drug-likeness (QED) is 0.835. The monoisotopic (exact) mass is 284 g/mol. The SMILES string of the molecule is CCCCC(CC(=O)O)S(=O)(=O)c1ccc(C)cc1. The molecule has 1 rings (SSSR count). The average molecular weight is 284 g/mol. The standard InChI is InChI=1S/C14H20O4S/c1-3-4-5-13(10-14(15)16)19(17,18)12-8-6-11(2)7-9-12/h6-9,13H,3-5,10H2,1-2H3,(H,15,16). The molecule has 0 saturated heterocycles. The van der Waals surface area contributed by atoms with Crippen LogP contribution in [0.4, 0.5) is 0 Å². The summed E-state index contributed by atoms with van der Waals surface area (Å²) in [5.41, 5.74) is 0.974. The van der Waals surface area contributed by atoms with E-state index in [1.54, 1.807) is 24.3 Å². The lowest BCUT2D eigenvalue weighted by atomic mass is 10.1. The fourth-order valence-corrected chi connectivity index (χ4v) is 3.65. The van der Waals surface area contributed by atoms with E-state index in [0.29, 0.717) is 12.8 Å². The third-order valence-corrected chi connectivity index (χ3v) is 5.28. The van der Waals surface area contributed by atoms with E-state index in [-0.39, 0.29) is 11.3 Å². The fraction of sp³-hybridized carbons (Fsp3) is 0.500. The van der Waals surface area contributed by atoms with Gasteiger partial charge in [0.25, 0.3) is 0 Å². The lowest BCUT2D eigenvalue weighted by Crippen LogP contribution is -2.24. The molecule has 0 aliphatic rings. The number of unbranched alkanes of at least 4 members (excludes halogenated alkanes) is 1. The third kappa shape index (κ3) is 4.35. The van der Waals surface area contributed by atoms with Gasteiger partial charge in [-0.2, -0.15) is 0 Å². The van der Waals surface area contributed by atoms with Crippen LogP contribution >= 0.6 is 0 Å². The Labute approximate surface area is 114 Å². The molecule has 0 aliphatic heterocycles. The molecule has 1 aromatic rings. The Hall–Kier alpha value is -1.36. The van der Waals surface area contributed by atoms with Crippen LogP contribution in [0.3, 0.4) is 0 Å². The van der Waals surface area contributed by atoms with Crippen molar-refractivity contribution in [2.24, 2.45) is 0 Å². The number of carboxylic acid groups (broad SMARTS) is 1. The molecule has 5 heteroatoms. The molecular formula is C14H20O4S. The fourth-order valence-electron chi connectivity index (χ4n) is 1.91. The van der Waals surface area contributed by atoms with Crippen molar-refractivity contribution < 1.29 is 18.3 Å². The van der Waals surface area contributed by atoms with Crippen LogP contribution in [-0.4, -0.2) is 24.7 Å². The molecule has 4 nitrogen and oxygen atoms in total. The van der Waals surface area contributed by atoms with Crippen LogP contribution in [0.25, 0.3) is 0 Å². The number of rotatable bonds is 7. The second kappa shape index (κ2) is 6.70. The summed E-state index contributed by atoms with van der Waals surface area (Å²) in [5.74, 6) is -1.07. The van der Waals surface area contributed by atoms with E-state index in [2.05, 4.69) is 0 Å². The minimum Gasteiger partial charge on any atom is -0.481 e. The Morgan fingerprint density at radius 1 is 1.26 bits per heavy atom. The molecule has 1 N–H and O–H groups in total. The van der Waals surface area contributed by atoms with Crippen molar-refractivity contribution in [3.8, 4) is 0 Å². The van der Waals surface area contributed by atoms with E-state index < -0.39 is 21.1 Å². The van der Waals surface area contributed by atoms with E-state index in [0.717, 1.165) is 12.0 Å². The molecular weight excluding hydrogens is 264 g/mol. The molecule has 0 saturated carbocycles. The average Bonchev–Trinajstić information content (AvgIpc) is 2.34. The van der Waals surface area contributed by atoms with Gasteiger partial charge in [0.1, 0.15) is 0 Å². The van der Waals surface area contributed by atoms with Gasteiger partial charge in [0.05, 0.1) is 16.6 Å². The first-order valence-corrected chi connectivity index (χ1v) is 7.95. The number of aliphatic carboxylic acids is 1. The maximum absolute atomic E-state index is 12.4.